The third-order valence-electron chi connectivity index (χ3n) is 5.41. The molecule has 1 aliphatic heterocycles. The second kappa shape index (κ2) is 10.4. The lowest BCUT2D eigenvalue weighted by atomic mass is 9.97. The van der Waals surface area contributed by atoms with E-state index in [1.165, 1.54) is 43.5 Å². The molecular weight excluding hydrogens is 344 g/mol. The topological polar surface area (TPSA) is 32.3 Å². The van der Waals surface area contributed by atoms with Crippen molar-refractivity contribution in [3.05, 3.63) is 59.7 Å². The first-order valence-corrected chi connectivity index (χ1v) is 10.8. The molecule has 2 aromatic carbocycles. The van der Waals surface area contributed by atoms with Crippen molar-refractivity contribution in [2.45, 2.75) is 46.0 Å². The van der Waals surface area contributed by atoms with Gasteiger partial charge in [0.1, 0.15) is 0 Å². The van der Waals surface area contributed by atoms with Gasteiger partial charge < -0.3 is 10.2 Å². The Kier molecular flexibility index (Phi) is 7.67. The molecule has 1 fully saturated rings. The molecule has 1 aliphatic rings. The molecule has 0 aromatic heterocycles. The quantitative estimate of drug-likeness (QED) is 0.644. The van der Waals surface area contributed by atoms with Gasteiger partial charge in [-0.25, -0.2) is 0 Å². The standard InChI is InChI=1S/C25H34N2O/c1-20(2)17-21-9-6-10-22(18-21)23-11-7-12-24(19-23)25(28)26-13-8-16-27-14-4-3-5-15-27/h6-7,9-12,18-20H,3-5,8,13-17H2,1-2H3,(H,26,28). The van der Waals surface area contributed by atoms with Gasteiger partial charge in [-0.3, -0.25) is 4.79 Å². The van der Waals surface area contributed by atoms with Gasteiger partial charge in [-0.15, -0.1) is 0 Å². The van der Waals surface area contributed by atoms with Crippen LogP contribution in [0.15, 0.2) is 48.5 Å². The molecular formula is C25H34N2O. The molecule has 0 radical (unpaired) electrons. The smallest absolute Gasteiger partial charge is 0.251 e. The predicted molar refractivity (Wildman–Crippen MR) is 118 cm³/mol. The van der Waals surface area contributed by atoms with Crippen LogP contribution in [0.25, 0.3) is 11.1 Å². The van der Waals surface area contributed by atoms with Gasteiger partial charge in [0, 0.05) is 12.1 Å². The lowest BCUT2D eigenvalue weighted by Gasteiger charge is -2.26. The van der Waals surface area contributed by atoms with Gasteiger partial charge in [0.15, 0.2) is 0 Å². The van der Waals surface area contributed by atoms with Crippen LogP contribution in [-0.2, 0) is 6.42 Å². The number of nitrogens with zero attached hydrogens (tertiary/aromatic N) is 1. The highest BCUT2D eigenvalue weighted by Crippen LogP contribution is 2.23. The number of carbonyl (C=O) groups is 1. The number of nitrogens with one attached hydrogen (secondary N) is 1. The molecule has 0 bridgehead atoms. The van der Waals surface area contributed by atoms with Crippen molar-refractivity contribution in [3.8, 4) is 11.1 Å². The molecule has 28 heavy (non-hydrogen) atoms. The Morgan fingerprint density at radius 2 is 1.71 bits per heavy atom. The molecule has 1 heterocycles. The molecule has 0 saturated carbocycles. The molecule has 2 aromatic rings. The van der Waals surface area contributed by atoms with Crippen molar-refractivity contribution in [2.75, 3.05) is 26.2 Å². The first-order chi connectivity index (χ1) is 13.6. The summed E-state index contributed by atoms with van der Waals surface area (Å²) in [4.78, 5) is 15.1. The van der Waals surface area contributed by atoms with Crippen molar-refractivity contribution >= 4 is 5.91 Å². The Labute approximate surface area is 170 Å². The molecule has 0 aliphatic carbocycles. The van der Waals surface area contributed by atoms with E-state index in [0.717, 1.165) is 37.1 Å². The van der Waals surface area contributed by atoms with Crippen LogP contribution < -0.4 is 5.32 Å². The maximum atomic E-state index is 12.6. The highest BCUT2D eigenvalue weighted by Gasteiger charge is 2.10. The molecule has 0 unspecified atom stereocenters. The van der Waals surface area contributed by atoms with Gasteiger partial charge in [-0.05, 0) is 80.1 Å². The first-order valence-electron chi connectivity index (χ1n) is 10.8. The maximum absolute atomic E-state index is 12.6. The number of rotatable bonds is 8. The van der Waals surface area contributed by atoms with Crippen LogP contribution in [0, 0.1) is 5.92 Å². The van der Waals surface area contributed by atoms with Crippen molar-refractivity contribution in [2.24, 2.45) is 5.92 Å². The molecule has 3 nitrogen and oxygen atoms in total. The maximum Gasteiger partial charge on any atom is 0.251 e. The summed E-state index contributed by atoms with van der Waals surface area (Å²) in [5.41, 5.74) is 4.37. The Balaban J connectivity index is 1.55. The zero-order valence-electron chi connectivity index (χ0n) is 17.4. The molecule has 0 atom stereocenters. The summed E-state index contributed by atoms with van der Waals surface area (Å²) < 4.78 is 0. The highest BCUT2D eigenvalue weighted by atomic mass is 16.1. The molecule has 1 amide bonds. The Morgan fingerprint density at radius 3 is 2.46 bits per heavy atom. The molecule has 150 valence electrons. The fraction of sp³-hybridized carbons (Fsp3) is 0.480. The number of benzene rings is 2. The van der Waals surface area contributed by atoms with E-state index >= 15 is 0 Å². The van der Waals surface area contributed by atoms with Crippen molar-refractivity contribution in [1.29, 1.82) is 0 Å². The third kappa shape index (κ3) is 6.20. The minimum atomic E-state index is 0.0267. The van der Waals surface area contributed by atoms with E-state index in [1.54, 1.807) is 0 Å². The van der Waals surface area contributed by atoms with Gasteiger partial charge in [-0.1, -0.05) is 56.7 Å². The van der Waals surface area contributed by atoms with E-state index in [0.29, 0.717) is 5.92 Å². The van der Waals surface area contributed by atoms with Crippen molar-refractivity contribution in [3.63, 3.8) is 0 Å². The van der Waals surface area contributed by atoms with E-state index < -0.39 is 0 Å². The predicted octanol–water partition coefficient (Wildman–Crippen LogP) is 5.16. The van der Waals surface area contributed by atoms with Gasteiger partial charge in [-0.2, -0.15) is 0 Å². The van der Waals surface area contributed by atoms with Crippen molar-refractivity contribution < 1.29 is 4.79 Å². The summed E-state index contributed by atoms with van der Waals surface area (Å²) >= 11 is 0. The van der Waals surface area contributed by atoms with Crippen LogP contribution in [0.3, 0.4) is 0 Å². The summed E-state index contributed by atoms with van der Waals surface area (Å²) in [5.74, 6) is 0.663. The number of likely N-dealkylation sites (tertiary alicyclic amines) is 1. The zero-order chi connectivity index (χ0) is 19.8. The normalized spacial score (nSPS) is 15.0. The largest absolute Gasteiger partial charge is 0.352 e. The number of hydrogen-bond donors (Lipinski definition) is 1. The Bertz CT molecular complexity index is 763. The van der Waals surface area contributed by atoms with Crippen LogP contribution in [0.2, 0.25) is 0 Å². The van der Waals surface area contributed by atoms with E-state index in [1.807, 2.05) is 18.2 Å². The van der Waals surface area contributed by atoms with E-state index in [-0.39, 0.29) is 5.91 Å². The van der Waals surface area contributed by atoms with E-state index in [4.69, 9.17) is 0 Å². The summed E-state index contributed by atoms with van der Waals surface area (Å²) in [6.07, 6.45) is 6.09. The fourth-order valence-corrected chi connectivity index (χ4v) is 3.98. The Hall–Kier alpha value is -2.13. The fourth-order valence-electron chi connectivity index (χ4n) is 3.98. The van der Waals surface area contributed by atoms with Gasteiger partial charge in [0.25, 0.3) is 5.91 Å². The minimum absolute atomic E-state index is 0.0267. The lowest BCUT2D eigenvalue weighted by Crippen LogP contribution is -2.33. The third-order valence-corrected chi connectivity index (χ3v) is 5.41. The monoisotopic (exact) mass is 378 g/mol. The average Bonchev–Trinajstić information content (AvgIpc) is 2.72. The van der Waals surface area contributed by atoms with E-state index in [9.17, 15) is 4.79 Å². The van der Waals surface area contributed by atoms with Gasteiger partial charge in [0.05, 0.1) is 0 Å². The zero-order valence-corrected chi connectivity index (χ0v) is 17.4. The number of hydrogen-bond acceptors (Lipinski definition) is 2. The van der Waals surface area contributed by atoms with Crippen LogP contribution >= 0.6 is 0 Å². The molecule has 1 N–H and O–H groups in total. The summed E-state index contributed by atoms with van der Waals surface area (Å²) in [5, 5.41) is 3.09. The second-order valence-electron chi connectivity index (χ2n) is 8.39. The summed E-state index contributed by atoms with van der Waals surface area (Å²) in [7, 11) is 0. The van der Waals surface area contributed by atoms with Crippen LogP contribution in [-0.4, -0.2) is 37.0 Å². The van der Waals surface area contributed by atoms with Gasteiger partial charge >= 0.3 is 0 Å². The van der Waals surface area contributed by atoms with Gasteiger partial charge in [0.2, 0.25) is 0 Å². The summed E-state index contributed by atoms with van der Waals surface area (Å²) in [6.45, 7) is 8.73. The number of amides is 1. The molecule has 3 heteroatoms. The Morgan fingerprint density at radius 1 is 1.00 bits per heavy atom. The highest BCUT2D eigenvalue weighted by molar-refractivity contribution is 5.95. The number of piperidine rings is 1. The SMILES string of the molecule is CC(C)Cc1cccc(-c2cccc(C(=O)NCCCN3CCCCC3)c2)c1. The van der Waals surface area contributed by atoms with Crippen molar-refractivity contribution in [1.82, 2.24) is 10.2 Å². The summed E-state index contributed by atoms with van der Waals surface area (Å²) in [6, 6.07) is 16.6. The van der Waals surface area contributed by atoms with E-state index in [2.05, 4.69) is 54.4 Å². The second-order valence-corrected chi connectivity index (χ2v) is 8.39. The molecule has 0 spiro atoms. The number of carbonyl (C=O) groups excluding carboxylic acids is 1. The van der Waals surface area contributed by atoms with Crippen LogP contribution in [0.4, 0.5) is 0 Å². The first kappa shape index (κ1) is 20.6. The van der Waals surface area contributed by atoms with Crippen LogP contribution in [0.5, 0.6) is 0 Å². The molecule has 1 saturated heterocycles. The molecule has 3 rings (SSSR count). The average molecular weight is 379 g/mol. The minimum Gasteiger partial charge on any atom is -0.352 e. The lowest BCUT2D eigenvalue weighted by molar-refractivity contribution is 0.0951. The van der Waals surface area contributed by atoms with Crippen LogP contribution in [0.1, 0.15) is 55.5 Å².